The van der Waals surface area contributed by atoms with Crippen LogP contribution in [-0.2, 0) is 4.74 Å². The molecule has 0 aliphatic carbocycles. The Hall–Kier alpha value is -1.07. The lowest BCUT2D eigenvalue weighted by molar-refractivity contribution is 0.0846. The third kappa shape index (κ3) is 2.13. The van der Waals surface area contributed by atoms with Crippen molar-refractivity contribution in [1.29, 1.82) is 0 Å². The zero-order valence-corrected chi connectivity index (χ0v) is 9.00. The highest BCUT2D eigenvalue weighted by molar-refractivity contribution is 6.28. The van der Waals surface area contributed by atoms with E-state index in [1.807, 2.05) is 0 Å². The van der Waals surface area contributed by atoms with Gasteiger partial charge in [-0.2, -0.15) is 4.98 Å². The molecular formula is C9H13ClN4O. The Bertz CT molecular complexity index is 365. The molecule has 0 saturated carbocycles. The Morgan fingerprint density at radius 2 is 1.87 bits per heavy atom. The largest absolute Gasteiger partial charge is 0.394 e. The first-order valence-electron chi connectivity index (χ1n) is 4.84. The highest BCUT2D eigenvalue weighted by Crippen LogP contribution is 2.32. The van der Waals surface area contributed by atoms with Gasteiger partial charge in [0, 0.05) is 19.1 Å². The van der Waals surface area contributed by atoms with Crippen molar-refractivity contribution in [3.05, 3.63) is 11.0 Å². The van der Waals surface area contributed by atoms with Crippen LogP contribution in [0.5, 0.6) is 0 Å². The second-order valence-electron chi connectivity index (χ2n) is 3.56. The molecule has 0 atom stereocenters. The Morgan fingerprint density at radius 1 is 1.20 bits per heavy atom. The third-order valence-electron chi connectivity index (χ3n) is 2.59. The lowest BCUT2D eigenvalue weighted by Gasteiger charge is -2.22. The van der Waals surface area contributed by atoms with Gasteiger partial charge in [-0.1, -0.05) is 0 Å². The van der Waals surface area contributed by atoms with Crippen LogP contribution in [0.3, 0.4) is 0 Å². The van der Waals surface area contributed by atoms with Crippen molar-refractivity contribution < 1.29 is 4.74 Å². The average Bonchev–Trinajstić information content (AvgIpc) is 2.24. The van der Waals surface area contributed by atoms with Crippen LogP contribution in [0.1, 0.15) is 24.5 Å². The van der Waals surface area contributed by atoms with Gasteiger partial charge in [0.05, 0.1) is 11.4 Å². The molecule has 0 bridgehead atoms. The number of hydrogen-bond donors (Lipinski definition) is 2. The molecule has 6 heteroatoms. The van der Waals surface area contributed by atoms with Gasteiger partial charge in [0.25, 0.3) is 0 Å². The van der Waals surface area contributed by atoms with Gasteiger partial charge in [-0.3, -0.25) is 0 Å². The van der Waals surface area contributed by atoms with Gasteiger partial charge in [-0.25, -0.2) is 4.98 Å². The predicted molar refractivity (Wildman–Crippen MR) is 58.7 cm³/mol. The minimum absolute atomic E-state index is 0.156. The fourth-order valence-electron chi connectivity index (χ4n) is 1.76. The summed E-state index contributed by atoms with van der Waals surface area (Å²) in [5.41, 5.74) is 12.7. The van der Waals surface area contributed by atoms with Crippen LogP contribution in [0, 0.1) is 0 Å². The Labute approximate surface area is 92.8 Å². The van der Waals surface area contributed by atoms with Gasteiger partial charge in [0.2, 0.25) is 5.28 Å². The zero-order chi connectivity index (χ0) is 10.8. The van der Waals surface area contributed by atoms with E-state index in [0.29, 0.717) is 5.69 Å². The van der Waals surface area contributed by atoms with Crippen molar-refractivity contribution in [2.45, 2.75) is 18.8 Å². The molecule has 1 saturated heterocycles. The molecule has 2 heterocycles. The van der Waals surface area contributed by atoms with E-state index >= 15 is 0 Å². The lowest BCUT2D eigenvalue weighted by atomic mass is 9.95. The minimum atomic E-state index is 0.156. The van der Waals surface area contributed by atoms with E-state index in [1.165, 1.54) is 0 Å². The molecule has 5 nitrogen and oxygen atoms in total. The fraction of sp³-hybridized carbons (Fsp3) is 0.556. The molecule has 0 unspecified atom stereocenters. The molecule has 1 fully saturated rings. The lowest BCUT2D eigenvalue weighted by Crippen LogP contribution is -2.17. The normalized spacial score (nSPS) is 17.9. The number of ether oxygens (including phenoxy) is 1. The number of nitrogens with zero attached hydrogens (tertiary/aromatic N) is 2. The predicted octanol–water partition coefficient (Wildman–Crippen LogP) is 1.19. The van der Waals surface area contributed by atoms with E-state index in [9.17, 15) is 0 Å². The number of nitrogen functional groups attached to an aromatic ring is 2. The molecule has 1 aliphatic heterocycles. The molecule has 1 aromatic rings. The monoisotopic (exact) mass is 228 g/mol. The molecule has 0 aromatic carbocycles. The van der Waals surface area contributed by atoms with E-state index in [0.717, 1.165) is 31.7 Å². The van der Waals surface area contributed by atoms with Crippen LogP contribution in [0.15, 0.2) is 0 Å². The van der Waals surface area contributed by atoms with Crippen molar-refractivity contribution in [2.24, 2.45) is 0 Å². The quantitative estimate of drug-likeness (QED) is 0.705. The SMILES string of the molecule is Nc1nc(Cl)nc(C2CCOCC2)c1N. The van der Waals surface area contributed by atoms with E-state index in [2.05, 4.69) is 9.97 Å². The molecule has 0 amide bonds. The summed E-state index contributed by atoms with van der Waals surface area (Å²) in [6.07, 6.45) is 1.80. The molecule has 0 spiro atoms. The smallest absolute Gasteiger partial charge is 0.224 e. The first-order chi connectivity index (χ1) is 7.18. The van der Waals surface area contributed by atoms with E-state index in [1.54, 1.807) is 0 Å². The molecule has 1 aromatic heterocycles. The molecule has 0 radical (unpaired) electrons. The molecule has 82 valence electrons. The molecule has 2 rings (SSSR count). The number of rotatable bonds is 1. The number of halogens is 1. The number of anilines is 2. The van der Waals surface area contributed by atoms with E-state index < -0.39 is 0 Å². The second kappa shape index (κ2) is 4.20. The first kappa shape index (κ1) is 10.4. The average molecular weight is 229 g/mol. The van der Waals surface area contributed by atoms with Crippen molar-refractivity contribution in [3.8, 4) is 0 Å². The second-order valence-corrected chi connectivity index (χ2v) is 3.90. The number of aromatic nitrogens is 2. The molecule has 1 aliphatic rings. The summed E-state index contributed by atoms with van der Waals surface area (Å²) in [6.45, 7) is 1.46. The standard InChI is InChI=1S/C9H13ClN4O/c10-9-13-7(6(11)8(12)14-9)5-1-3-15-4-2-5/h5H,1-4,11H2,(H2,12,13,14). The summed E-state index contributed by atoms with van der Waals surface area (Å²) in [7, 11) is 0. The summed E-state index contributed by atoms with van der Waals surface area (Å²) < 4.78 is 5.27. The summed E-state index contributed by atoms with van der Waals surface area (Å²) in [5, 5.41) is 0.156. The minimum Gasteiger partial charge on any atom is -0.394 e. The van der Waals surface area contributed by atoms with Crippen molar-refractivity contribution in [2.75, 3.05) is 24.7 Å². The van der Waals surface area contributed by atoms with Crippen LogP contribution in [0.2, 0.25) is 5.28 Å². The van der Waals surface area contributed by atoms with Crippen LogP contribution < -0.4 is 11.5 Å². The third-order valence-corrected chi connectivity index (χ3v) is 2.75. The van der Waals surface area contributed by atoms with Gasteiger partial charge in [0.1, 0.15) is 0 Å². The number of nitrogens with two attached hydrogens (primary N) is 2. The molecule has 4 N–H and O–H groups in total. The van der Waals surface area contributed by atoms with Gasteiger partial charge in [-0.05, 0) is 24.4 Å². The summed E-state index contributed by atoms with van der Waals surface area (Å²) >= 11 is 5.75. The van der Waals surface area contributed by atoms with E-state index in [-0.39, 0.29) is 17.0 Å². The Balaban J connectivity index is 2.33. The fourth-order valence-corrected chi connectivity index (χ4v) is 1.94. The maximum absolute atomic E-state index is 5.83. The summed E-state index contributed by atoms with van der Waals surface area (Å²) in [4.78, 5) is 7.96. The molecular weight excluding hydrogens is 216 g/mol. The van der Waals surface area contributed by atoms with Gasteiger partial charge in [-0.15, -0.1) is 0 Å². The highest BCUT2D eigenvalue weighted by Gasteiger charge is 2.21. The zero-order valence-electron chi connectivity index (χ0n) is 8.24. The van der Waals surface area contributed by atoms with Gasteiger partial charge >= 0.3 is 0 Å². The van der Waals surface area contributed by atoms with Crippen LogP contribution in [0.4, 0.5) is 11.5 Å². The number of hydrogen-bond acceptors (Lipinski definition) is 5. The molecule has 15 heavy (non-hydrogen) atoms. The maximum Gasteiger partial charge on any atom is 0.224 e. The topological polar surface area (TPSA) is 87.0 Å². The highest BCUT2D eigenvalue weighted by atomic mass is 35.5. The van der Waals surface area contributed by atoms with Gasteiger partial charge in [0.15, 0.2) is 5.82 Å². The Morgan fingerprint density at radius 3 is 2.53 bits per heavy atom. The van der Waals surface area contributed by atoms with Crippen LogP contribution in [0.25, 0.3) is 0 Å². The van der Waals surface area contributed by atoms with Crippen molar-refractivity contribution in [1.82, 2.24) is 9.97 Å². The summed E-state index contributed by atoms with van der Waals surface area (Å²) in [5.74, 6) is 0.540. The van der Waals surface area contributed by atoms with Crippen molar-refractivity contribution in [3.63, 3.8) is 0 Å². The van der Waals surface area contributed by atoms with Crippen LogP contribution in [-0.4, -0.2) is 23.2 Å². The maximum atomic E-state index is 5.83. The Kier molecular flexibility index (Phi) is 2.93. The van der Waals surface area contributed by atoms with Crippen molar-refractivity contribution >= 4 is 23.1 Å². The summed E-state index contributed by atoms with van der Waals surface area (Å²) in [6, 6.07) is 0. The van der Waals surface area contributed by atoms with Gasteiger partial charge < -0.3 is 16.2 Å². The van der Waals surface area contributed by atoms with E-state index in [4.69, 9.17) is 27.8 Å². The first-order valence-corrected chi connectivity index (χ1v) is 5.22. The van der Waals surface area contributed by atoms with Crippen LogP contribution >= 0.6 is 11.6 Å².